The van der Waals surface area contributed by atoms with E-state index in [1.54, 1.807) is 44.3 Å². The number of likely N-dealkylation sites (N-methyl/N-ethyl adjacent to an activating group) is 1. The van der Waals surface area contributed by atoms with E-state index in [0.29, 0.717) is 29.1 Å². The van der Waals surface area contributed by atoms with E-state index in [1.165, 1.54) is 16.0 Å². The maximum Gasteiger partial charge on any atom is 0.262 e. The van der Waals surface area contributed by atoms with E-state index in [0.717, 1.165) is 5.56 Å². The van der Waals surface area contributed by atoms with Gasteiger partial charge in [0.1, 0.15) is 12.4 Å². The van der Waals surface area contributed by atoms with Crippen molar-refractivity contribution in [1.82, 2.24) is 9.91 Å². The van der Waals surface area contributed by atoms with Gasteiger partial charge >= 0.3 is 0 Å². The molecule has 0 saturated heterocycles. The summed E-state index contributed by atoms with van der Waals surface area (Å²) in [6, 6.07) is 13.1. The number of carbonyl (C=O) groups is 2. The van der Waals surface area contributed by atoms with Crippen LogP contribution in [0.3, 0.4) is 0 Å². The Morgan fingerprint density at radius 2 is 1.89 bits per heavy atom. The number of hydrogen-bond acceptors (Lipinski definition) is 3. The zero-order chi connectivity index (χ0) is 20.3. The summed E-state index contributed by atoms with van der Waals surface area (Å²) in [6.07, 6.45) is 0.688. The minimum absolute atomic E-state index is 0.0924. The van der Waals surface area contributed by atoms with Crippen LogP contribution in [-0.2, 0) is 9.59 Å². The number of halogens is 2. The predicted octanol–water partition coefficient (Wildman–Crippen LogP) is 4.03. The standard InChI is InChI=1S/C21H21ClFN3O2/c1-3-20(27)25(2)13-21(28)26-19(14-8-10-15(22)11-9-14)12-18(24-26)16-6-4-5-7-17(16)23/h4-11,19H,3,12-13H2,1-2H3/t19-/m1/s1. The van der Waals surface area contributed by atoms with Crippen LogP contribution in [0, 0.1) is 5.82 Å². The maximum atomic E-state index is 14.3. The van der Waals surface area contributed by atoms with Crippen molar-refractivity contribution >= 4 is 29.1 Å². The lowest BCUT2D eigenvalue weighted by molar-refractivity contribution is -0.140. The Labute approximate surface area is 168 Å². The van der Waals surface area contributed by atoms with Crippen molar-refractivity contribution in [3.05, 3.63) is 70.5 Å². The SMILES string of the molecule is CCC(=O)N(C)CC(=O)N1N=C(c2ccccc2F)C[C@@H]1c1ccc(Cl)cc1. The highest BCUT2D eigenvalue weighted by molar-refractivity contribution is 6.30. The number of carbonyl (C=O) groups excluding carboxylic acids is 2. The molecule has 146 valence electrons. The fourth-order valence-electron chi connectivity index (χ4n) is 3.18. The smallest absolute Gasteiger partial charge is 0.262 e. The van der Waals surface area contributed by atoms with Gasteiger partial charge in [0.15, 0.2) is 0 Å². The van der Waals surface area contributed by atoms with E-state index < -0.39 is 0 Å². The van der Waals surface area contributed by atoms with Crippen molar-refractivity contribution in [2.24, 2.45) is 5.10 Å². The molecule has 2 aromatic carbocycles. The molecule has 0 saturated carbocycles. The van der Waals surface area contributed by atoms with Crippen molar-refractivity contribution in [3.8, 4) is 0 Å². The summed E-state index contributed by atoms with van der Waals surface area (Å²) in [4.78, 5) is 26.1. The van der Waals surface area contributed by atoms with Gasteiger partial charge in [0.2, 0.25) is 5.91 Å². The highest BCUT2D eigenvalue weighted by atomic mass is 35.5. The van der Waals surface area contributed by atoms with Gasteiger partial charge in [0, 0.05) is 30.5 Å². The highest BCUT2D eigenvalue weighted by Crippen LogP contribution is 2.34. The van der Waals surface area contributed by atoms with Gasteiger partial charge in [-0.3, -0.25) is 9.59 Å². The van der Waals surface area contributed by atoms with Gasteiger partial charge in [0.25, 0.3) is 5.91 Å². The molecule has 1 heterocycles. The summed E-state index contributed by atoms with van der Waals surface area (Å²) in [6.45, 7) is 1.65. The molecule has 7 heteroatoms. The Morgan fingerprint density at radius 1 is 1.21 bits per heavy atom. The lowest BCUT2D eigenvalue weighted by atomic mass is 9.98. The fraction of sp³-hybridized carbons (Fsp3) is 0.286. The molecular formula is C21H21ClFN3O2. The second-order valence-electron chi connectivity index (χ2n) is 6.64. The normalized spacial score (nSPS) is 16.1. The molecule has 5 nitrogen and oxygen atoms in total. The molecule has 0 radical (unpaired) electrons. The van der Waals surface area contributed by atoms with Crippen LogP contribution in [0.5, 0.6) is 0 Å². The molecule has 0 bridgehead atoms. The van der Waals surface area contributed by atoms with Gasteiger partial charge in [-0.05, 0) is 23.8 Å². The van der Waals surface area contributed by atoms with Crippen LogP contribution in [0.1, 0.15) is 36.9 Å². The van der Waals surface area contributed by atoms with Crippen LogP contribution in [-0.4, -0.2) is 41.0 Å². The van der Waals surface area contributed by atoms with E-state index >= 15 is 0 Å². The van der Waals surface area contributed by atoms with Gasteiger partial charge in [0.05, 0.1) is 11.8 Å². The predicted molar refractivity (Wildman–Crippen MR) is 107 cm³/mol. The van der Waals surface area contributed by atoms with E-state index in [2.05, 4.69) is 5.10 Å². The zero-order valence-corrected chi connectivity index (χ0v) is 16.5. The molecule has 1 atom stereocenters. The number of hydrogen-bond donors (Lipinski definition) is 0. The van der Waals surface area contributed by atoms with Crippen LogP contribution in [0.25, 0.3) is 0 Å². The van der Waals surface area contributed by atoms with Crippen molar-refractivity contribution in [1.29, 1.82) is 0 Å². The molecule has 0 fully saturated rings. The Hall–Kier alpha value is -2.73. The lowest BCUT2D eigenvalue weighted by Gasteiger charge is -2.24. The summed E-state index contributed by atoms with van der Waals surface area (Å²) in [5, 5.41) is 6.36. The van der Waals surface area contributed by atoms with Gasteiger partial charge < -0.3 is 4.90 Å². The van der Waals surface area contributed by atoms with Crippen LogP contribution in [0.4, 0.5) is 4.39 Å². The fourth-order valence-corrected chi connectivity index (χ4v) is 3.30. The molecular weight excluding hydrogens is 381 g/mol. The third-order valence-corrected chi connectivity index (χ3v) is 4.96. The summed E-state index contributed by atoms with van der Waals surface area (Å²) in [5.41, 5.74) is 1.71. The van der Waals surface area contributed by atoms with Gasteiger partial charge in [-0.1, -0.05) is 48.9 Å². The van der Waals surface area contributed by atoms with Gasteiger partial charge in [-0.2, -0.15) is 5.10 Å². The number of benzene rings is 2. The molecule has 0 unspecified atom stereocenters. The molecule has 3 rings (SSSR count). The first-order valence-electron chi connectivity index (χ1n) is 9.04. The summed E-state index contributed by atoms with van der Waals surface area (Å²) in [7, 11) is 1.58. The zero-order valence-electron chi connectivity index (χ0n) is 15.7. The Morgan fingerprint density at radius 3 is 2.54 bits per heavy atom. The maximum absolute atomic E-state index is 14.3. The van der Waals surface area contributed by atoms with E-state index in [4.69, 9.17) is 11.6 Å². The van der Waals surface area contributed by atoms with E-state index in [9.17, 15) is 14.0 Å². The lowest BCUT2D eigenvalue weighted by Crippen LogP contribution is -2.38. The third-order valence-electron chi connectivity index (χ3n) is 4.71. The molecule has 1 aliphatic rings. The molecule has 0 N–H and O–H groups in total. The molecule has 0 aromatic heterocycles. The Balaban J connectivity index is 1.92. The second kappa shape index (κ2) is 8.52. The highest BCUT2D eigenvalue weighted by Gasteiger charge is 2.34. The van der Waals surface area contributed by atoms with Gasteiger partial charge in [-0.25, -0.2) is 9.40 Å². The topological polar surface area (TPSA) is 53.0 Å². The van der Waals surface area contributed by atoms with E-state index in [-0.39, 0.29) is 30.2 Å². The molecule has 1 aliphatic heterocycles. The van der Waals surface area contributed by atoms with Gasteiger partial charge in [-0.15, -0.1) is 0 Å². The number of amides is 2. The van der Waals surface area contributed by atoms with Crippen LogP contribution >= 0.6 is 11.6 Å². The summed E-state index contributed by atoms with van der Waals surface area (Å²) >= 11 is 5.98. The molecule has 0 aliphatic carbocycles. The minimum atomic E-state index is -0.385. The second-order valence-corrected chi connectivity index (χ2v) is 7.08. The quantitative estimate of drug-likeness (QED) is 0.759. The molecule has 2 aromatic rings. The monoisotopic (exact) mass is 401 g/mol. The first-order valence-corrected chi connectivity index (χ1v) is 9.42. The largest absolute Gasteiger partial charge is 0.336 e. The molecule has 0 spiro atoms. The van der Waals surface area contributed by atoms with Crippen molar-refractivity contribution in [2.75, 3.05) is 13.6 Å². The van der Waals surface area contributed by atoms with Crippen molar-refractivity contribution < 1.29 is 14.0 Å². The first-order chi connectivity index (χ1) is 13.4. The summed E-state index contributed by atoms with van der Waals surface area (Å²) in [5.74, 6) is -0.840. The average Bonchev–Trinajstić information content (AvgIpc) is 3.13. The third kappa shape index (κ3) is 4.22. The van der Waals surface area contributed by atoms with E-state index in [1.807, 2.05) is 12.1 Å². The Kier molecular flexibility index (Phi) is 6.09. The molecule has 28 heavy (non-hydrogen) atoms. The minimum Gasteiger partial charge on any atom is -0.336 e. The van der Waals surface area contributed by atoms with Crippen LogP contribution < -0.4 is 0 Å². The van der Waals surface area contributed by atoms with Crippen LogP contribution in [0.15, 0.2) is 53.6 Å². The number of rotatable bonds is 5. The molecule has 2 amide bonds. The first kappa shape index (κ1) is 20.0. The number of nitrogens with zero attached hydrogens (tertiary/aromatic N) is 3. The Bertz CT molecular complexity index is 914. The van der Waals surface area contributed by atoms with Crippen LogP contribution in [0.2, 0.25) is 5.02 Å². The van der Waals surface area contributed by atoms with Crippen molar-refractivity contribution in [3.63, 3.8) is 0 Å². The summed E-state index contributed by atoms with van der Waals surface area (Å²) < 4.78 is 14.3. The average molecular weight is 402 g/mol. The number of hydrazone groups is 1. The van der Waals surface area contributed by atoms with Crippen molar-refractivity contribution in [2.45, 2.75) is 25.8 Å².